The van der Waals surface area contributed by atoms with Crippen molar-refractivity contribution < 1.29 is 23.8 Å². The van der Waals surface area contributed by atoms with E-state index in [2.05, 4.69) is 29.9 Å². The molecule has 37 heavy (non-hydrogen) atoms. The smallest absolute Gasteiger partial charge is 0.351 e. The number of thiophene rings is 1. The van der Waals surface area contributed by atoms with E-state index in [1.165, 1.54) is 18.7 Å². The normalized spacial score (nSPS) is 12.8. The van der Waals surface area contributed by atoms with Crippen LogP contribution in [0.25, 0.3) is 16.2 Å². The highest BCUT2D eigenvalue weighted by molar-refractivity contribution is 7.19. The Labute approximate surface area is 221 Å². The van der Waals surface area contributed by atoms with Crippen molar-refractivity contribution in [1.82, 2.24) is 0 Å². The standard InChI is InChI=1S/C30H34O6S/c1-5-6-11-21-13-14-22-17-23(37-26(22)16-21)15-20(3)29(33)28-24(31)18-25(36-30(28)34)19(2)10-8-7-9-12-27(32)35-4/h7,9,13-19,31H,5-6,8,10-12H2,1-4H3/b9-7+,20-15?. The molecule has 0 saturated carbocycles. The zero-order chi connectivity index (χ0) is 26.9. The third kappa shape index (κ3) is 7.52. The topological polar surface area (TPSA) is 93.8 Å². The summed E-state index contributed by atoms with van der Waals surface area (Å²) in [5, 5.41) is 11.7. The van der Waals surface area contributed by atoms with Crippen LogP contribution in [0.15, 0.2) is 57.3 Å². The Morgan fingerprint density at radius 2 is 1.97 bits per heavy atom. The highest BCUT2D eigenvalue weighted by atomic mass is 32.1. The second-order valence-electron chi connectivity index (χ2n) is 9.21. The molecule has 2 heterocycles. The van der Waals surface area contributed by atoms with Crippen molar-refractivity contribution in [2.24, 2.45) is 0 Å². The molecule has 196 valence electrons. The van der Waals surface area contributed by atoms with Crippen LogP contribution >= 0.6 is 11.3 Å². The number of ketones is 1. The minimum Gasteiger partial charge on any atom is -0.507 e. The number of esters is 1. The van der Waals surface area contributed by atoms with E-state index in [1.807, 2.05) is 19.1 Å². The van der Waals surface area contributed by atoms with Crippen LogP contribution in [0.3, 0.4) is 0 Å². The molecule has 0 spiro atoms. The molecule has 1 atom stereocenters. The van der Waals surface area contributed by atoms with Crippen LogP contribution in [0.4, 0.5) is 0 Å². The molecule has 0 fully saturated rings. The SMILES string of the molecule is CCCCc1ccc2cc(C=C(C)C(=O)c3c(O)cc(C(C)CC/C=C/CC(=O)OC)oc3=O)sc2c1. The number of Topliss-reactive ketones (excluding diaryl/α,β-unsaturated/α-hetero) is 1. The Bertz CT molecular complexity index is 1370. The quantitative estimate of drug-likeness (QED) is 0.117. The van der Waals surface area contributed by atoms with Crippen molar-refractivity contribution in [3.63, 3.8) is 0 Å². The van der Waals surface area contributed by atoms with E-state index in [1.54, 1.807) is 30.4 Å². The fourth-order valence-electron chi connectivity index (χ4n) is 4.00. The number of methoxy groups -OCH3 is 1. The van der Waals surface area contributed by atoms with E-state index in [4.69, 9.17) is 4.42 Å². The largest absolute Gasteiger partial charge is 0.507 e. The van der Waals surface area contributed by atoms with Gasteiger partial charge < -0.3 is 14.3 Å². The van der Waals surface area contributed by atoms with Gasteiger partial charge in [0.2, 0.25) is 0 Å². The summed E-state index contributed by atoms with van der Waals surface area (Å²) in [5.74, 6) is -1.10. The van der Waals surface area contributed by atoms with Gasteiger partial charge >= 0.3 is 11.6 Å². The molecule has 1 N–H and O–H groups in total. The molecule has 1 aromatic carbocycles. The Morgan fingerprint density at radius 3 is 2.68 bits per heavy atom. The molecule has 6 nitrogen and oxygen atoms in total. The zero-order valence-corrected chi connectivity index (χ0v) is 22.7. The minimum absolute atomic E-state index is 0.164. The molecular weight excluding hydrogens is 488 g/mol. The fourth-order valence-corrected chi connectivity index (χ4v) is 5.13. The molecule has 0 aliphatic carbocycles. The Balaban J connectivity index is 1.72. The lowest BCUT2D eigenvalue weighted by Gasteiger charge is -2.11. The van der Waals surface area contributed by atoms with Crippen LogP contribution in [-0.2, 0) is 16.0 Å². The molecule has 0 saturated heterocycles. The van der Waals surface area contributed by atoms with Crippen molar-refractivity contribution in [3.05, 3.63) is 80.2 Å². The predicted octanol–water partition coefficient (Wildman–Crippen LogP) is 7.19. The summed E-state index contributed by atoms with van der Waals surface area (Å²) < 4.78 is 11.2. The fraction of sp³-hybridized carbons (Fsp3) is 0.367. The van der Waals surface area contributed by atoms with Gasteiger partial charge in [0, 0.05) is 21.6 Å². The highest BCUT2D eigenvalue weighted by Crippen LogP contribution is 2.30. The number of rotatable bonds is 12. The maximum atomic E-state index is 13.1. The second kappa shape index (κ2) is 13.2. The molecule has 0 amide bonds. The van der Waals surface area contributed by atoms with E-state index in [-0.39, 0.29) is 29.6 Å². The van der Waals surface area contributed by atoms with E-state index in [0.29, 0.717) is 24.2 Å². The average Bonchev–Trinajstić information content (AvgIpc) is 3.27. The molecule has 3 aromatic rings. The number of aromatic hydroxyl groups is 1. The van der Waals surface area contributed by atoms with Crippen molar-refractivity contribution >= 4 is 39.3 Å². The number of unbranched alkanes of at least 4 members (excludes halogenated alkanes) is 1. The molecule has 0 aliphatic heterocycles. The third-order valence-electron chi connectivity index (χ3n) is 6.25. The number of hydrogen-bond donors (Lipinski definition) is 1. The summed E-state index contributed by atoms with van der Waals surface area (Å²) in [4.78, 5) is 37.8. The Morgan fingerprint density at radius 1 is 1.19 bits per heavy atom. The predicted molar refractivity (Wildman–Crippen MR) is 148 cm³/mol. The lowest BCUT2D eigenvalue weighted by atomic mass is 9.99. The first-order valence-electron chi connectivity index (χ1n) is 12.6. The molecule has 0 aliphatic rings. The van der Waals surface area contributed by atoms with Crippen molar-refractivity contribution in [1.29, 1.82) is 0 Å². The number of hydrogen-bond acceptors (Lipinski definition) is 7. The summed E-state index contributed by atoms with van der Waals surface area (Å²) >= 11 is 1.59. The first-order valence-corrected chi connectivity index (χ1v) is 13.4. The number of allylic oxidation sites excluding steroid dienone is 2. The van der Waals surface area contributed by atoms with Gasteiger partial charge in [0.05, 0.1) is 13.5 Å². The number of fused-ring (bicyclic) bond motifs is 1. The van der Waals surface area contributed by atoms with Gasteiger partial charge in [-0.15, -0.1) is 11.3 Å². The monoisotopic (exact) mass is 522 g/mol. The van der Waals surface area contributed by atoms with Gasteiger partial charge in [-0.3, -0.25) is 9.59 Å². The van der Waals surface area contributed by atoms with Crippen molar-refractivity contribution in [3.8, 4) is 5.75 Å². The van der Waals surface area contributed by atoms with Crippen molar-refractivity contribution in [2.45, 2.75) is 65.2 Å². The van der Waals surface area contributed by atoms with Crippen LogP contribution < -0.4 is 5.63 Å². The molecule has 1 unspecified atom stereocenters. The van der Waals surface area contributed by atoms with Gasteiger partial charge in [0.1, 0.15) is 17.1 Å². The van der Waals surface area contributed by atoms with Gasteiger partial charge in [-0.2, -0.15) is 0 Å². The van der Waals surface area contributed by atoms with Gasteiger partial charge in [0.25, 0.3) is 0 Å². The van der Waals surface area contributed by atoms with Crippen LogP contribution in [0.1, 0.15) is 85.4 Å². The minimum atomic E-state index is -0.849. The maximum absolute atomic E-state index is 13.1. The first kappa shape index (κ1) is 28.1. The number of carbonyl (C=O) groups is 2. The number of aryl methyl sites for hydroxylation is 1. The summed E-state index contributed by atoms with van der Waals surface area (Å²) in [7, 11) is 1.34. The summed E-state index contributed by atoms with van der Waals surface area (Å²) in [6, 6.07) is 9.80. The number of ether oxygens (including phenoxy) is 1. The number of benzene rings is 1. The molecule has 0 radical (unpaired) electrons. The van der Waals surface area contributed by atoms with Crippen molar-refractivity contribution in [2.75, 3.05) is 7.11 Å². The summed E-state index contributed by atoms with van der Waals surface area (Å²) in [6.07, 6.45) is 10.2. The van der Waals surface area contributed by atoms with Crippen LogP contribution in [0.2, 0.25) is 0 Å². The lowest BCUT2D eigenvalue weighted by Crippen LogP contribution is -2.16. The van der Waals surface area contributed by atoms with E-state index >= 15 is 0 Å². The third-order valence-corrected chi connectivity index (χ3v) is 7.29. The van der Waals surface area contributed by atoms with E-state index in [0.717, 1.165) is 34.2 Å². The molecule has 3 rings (SSSR count). The second-order valence-corrected chi connectivity index (χ2v) is 10.3. The van der Waals surface area contributed by atoms with Gasteiger partial charge in [-0.05, 0) is 67.3 Å². The van der Waals surface area contributed by atoms with E-state index < -0.39 is 11.4 Å². The van der Waals surface area contributed by atoms with Crippen LogP contribution in [0, 0.1) is 0 Å². The van der Waals surface area contributed by atoms with Gasteiger partial charge in [0.15, 0.2) is 5.78 Å². The number of carbonyl (C=O) groups excluding carboxylic acids is 2. The molecule has 7 heteroatoms. The van der Waals surface area contributed by atoms with Gasteiger partial charge in [-0.1, -0.05) is 44.6 Å². The molecule has 0 bridgehead atoms. The first-order chi connectivity index (χ1) is 17.7. The molecule has 2 aromatic heterocycles. The Hall–Kier alpha value is -3.45. The van der Waals surface area contributed by atoms with Crippen LogP contribution in [0.5, 0.6) is 5.75 Å². The summed E-state index contributed by atoms with van der Waals surface area (Å²) in [6.45, 7) is 5.68. The average molecular weight is 523 g/mol. The van der Waals surface area contributed by atoms with E-state index in [9.17, 15) is 19.5 Å². The van der Waals surface area contributed by atoms with Gasteiger partial charge in [-0.25, -0.2) is 4.79 Å². The lowest BCUT2D eigenvalue weighted by molar-refractivity contribution is -0.139. The van der Waals surface area contributed by atoms with Crippen LogP contribution in [-0.4, -0.2) is 24.0 Å². The zero-order valence-electron chi connectivity index (χ0n) is 21.8. The molecular formula is C30H34O6S. The highest BCUT2D eigenvalue weighted by Gasteiger charge is 2.22. The maximum Gasteiger partial charge on any atom is 0.351 e. The summed E-state index contributed by atoms with van der Waals surface area (Å²) in [5.41, 5.74) is 0.439. The Kier molecular flexibility index (Phi) is 10.0.